The Balaban J connectivity index is 2.25. The van der Waals surface area contributed by atoms with Gasteiger partial charge in [-0.15, -0.1) is 0 Å². The summed E-state index contributed by atoms with van der Waals surface area (Å²) in [4.78, 5) is 22.0. The molecule has 2 N–H and O–H groups in total. The molecular formula is C11H11NO5. The number of aliphatic carboxylic acids is 1. The summed E-state index contributed by atoms with van der Waals surface area (Å²) in [5.41, 5.74) is 0.915. The van der Waals surface area contributed by atoms with Crippen molar-refractivity contribution in [2.45, 2.75) is 6.04 Å². The van der Waals surface area contributed by atoms with E-state index < -0.39 is 18.0 Å². The van der Waals surface area contributed by atoms with Gasteiger partial charge in [0.25, 0.3) is 0 Å². The summed E-state index contributed by atoms with van der Waals surface area (Å²) < 4.78 is 9.86. The van der Waals surface area contributed by atoms with Crippen molar-refractivity contribution in [1.82, 2.24) is 0 Å². The summed E-state index contributed by atoms with van der Waals surface area (Å²) in [6.07, 6.45) is 0. The summed E-state index contributed by atoms with van der Waals surface area (Å²) in [6, 6.07) is 3.89. The Morgan fingerprint density at radius 3 is 2.94 bits per heavy atom. The first-order valence-electron chi connectivity index (χ1n) is 4.96. The molecule has 1 aromatic carbocycles. The zero-order valence-electron chi connectivity index (χ0n) is 9.10. The average molecular weight is 237 g/mol. The van der Waals surface area contributed by atoms with E-state index in [0.717, 1.165) is 0 Å². The average Bonchev–Trinajstić information content (AvgIpc) is 2.36. The van der Waals surface area contributed by atoms with Gasteiger partial charge in [0, 0.05) is 0 Å². The molecule has 0 saturated carbocycles. The molecule has 0 saturated heterocycles. The molecule has 17 heavy (non-hydrogen) atoms. The van der Waals surface area contributed by atoms with E-state index >= 15 is 0 Å². The molecule has 1 heterocycles. The van der Waals surface area contributed by atoms with Crippen molar-refractivity contribution in [3.63, 3.8) is 0 Å². The van der Waals surface area contributed by atoms with E-state index in [1.807, 2.05) is 0 Å². The molecule has 6 nitrogen and oxygen atoms in total. The van der Waals surface area contributed by atoms with Gasteiger partial charge in [0.15, 0.2) is 6.04 Å². The summed E-state index contributed by atoms with van der Waals surface area (Å²) >= 11 is 0. The summed E-state index contributed by atoms with van der Waals surface area (Å²) in [6.45, 7) is 0.0208. The highest BCUT2D eigenvalue weighted by atomic mass is 16.5. The topological polar surface area (TPSA) is 84.9 Å². The molecule has 0 aliphatic carbocycles. The minimum Gasteiger partial charge on any atom is -0.489 e. The Kier molecular flexibility index (Phi) is 2.86. The first-order valence-corrected chi connectivity index (χ1v) is 4.96. The maximum Gasteiger partial charge on any atom is 0.337 e. The fourth-order valence-corrected chi connectivity index (χ4v) is 1.54. The lowest BCUT2D eigenvalue weighted by molar-refractivity contribution is -0.138. The van der Waals surface area contributed by atoms with E-state index in [9.17, 15) is 9.59 Å². The fourth-order valence-electron chi connectivity index (χ4n) is 1.54. The van der Waals surface area contributed by atoms with E-state index in [-0.39, 0.29) is 6.61 Å². The molecule has 0 bridgehead atoms. The third-order valence-electron chi connectivity index (χ3n) is 2.44. The Hall–Kier alpha value is -2.24. The number of anilines is 1. The Bertz CT molecular complexity index is 471. The van der Waals surface area contributed by atoms with E-state index in [4.69, 9.17) is 9.84 Å². The minimum atomic E-state index is -0.979. The smallest absolute Gasteiger partial charge is 0.337 e. The van der Waals surface area contributed by atoms with Gasteiger partial charge < -0.3 is 19.9 Å². The van der Waals surface area contributed by atoms with Crippen LogP contribution in [-0.2, 0) is 9.53 Å². The monoisotopic (exact) mass is 237 g/mol. The van der Waals surface area contributed by atoms with Crippen LogP contribution in [0.1, 0.15) is 10.4 Å². The quantitative estimate of drug-likeness (QED) is 0.737. The summed E-state index contributed by atoms with van der Waals surface area (Å²) in [5.74, 6) is -0.991. The Morgan fingerprint density at radius 1 is 1.53 bits per heavy atom. The van der Waals surface area contributed by atoms with Gasteiger partial charge in [-0.3, -0.25) is 0 Å². The van der Waals surface area contributed by atoms with Crippen molar-refractivity contribution in [3.8, 4) is 5.75 Å². The Labute approximate surface area is 97.1 Å². The Morgan fingerprint density at radius 2 is 2.29 bits per heavy atom. The van der Waals surface area contributed by atoms with Crippen molar-refractivity contribution in [2.24, 2.45) is 0 Å². The van der Waals surface area contributed by atoms with Gasteiger partial charge in [-0.1, -0.05) is 0 Å². The number of carboxylic acid groups (broad SMARTS) is 1. The molecule has 2 rings (SSSR count). The molecule has 0 amide bonds. The van der Waals surface area contributed by atoms with Gasteiger partial charge in [0.2, 0.25) is 0 Å². The lowest BCUT2D eigenvalue weighted by Crippen LogP contribution is -2.38. The number of esters is 1. The third kappa shape index (κ3) is 2.15. The van der Waals surface area contributed by atoms with Crippen LogP contribution in [0.5, 0.6) is 5.75 Å². The first kappa shape index (κ1) is 11.3. The minimum absolute atomic E-state index is 0.0208. The van der Waals surface area contributed by atoms with Gasteiger partial charge in [0.1, 0.15) is 12.4 Å². The van der Waals surface area contributed by atoms with Crippen LogP contribution in [0, 0.1) is 0 Å². The molecule has 0 spiro atoms. The second-order valence-electron chi connectivity index (χ2n) is 3.55. The molecule has 0 radical (unpaired) electrons. The SMILES string of the molecule is COC(=O)c1ccc2c(c1)OCC(C(=O)O)N2. The van der Waals surface area contributed by atoms with E-state index in [2.05, 4.69) is 10.1 Å². The summed E-state index contributed by atoms with van der Waals surface area (Å²) in [5, 5.41) is 11.6. The number of ether oxygens (including phenoxy) is 2. The number of carboxylic acids is 1. The number of hydrogen-bond acceptors (Lipinski definition) is 5. The normalized spacial score (nSPS) is 17.4. The van der Waals surface area contributed by atoms with Crippen LogP contribution in [-0.4, -0.2) is 36.8 Å². The van der Waals surface area contributed by atoms with Crippen molar-refractivity contribution in [1.29, 1.82) is 0 Å². The molecule has 6 heteroatoms. The largest absolute Gasteiger partial charge is 0.489 e. The molecule has 1 aliphatic heterocycles. The van der Waals surface area contributed by atoms with Crippen LogP contribution < -0.4 is 10.1 Å². The van der Waals surface area contributed by atoms with Crippen molar-refractivity contribution in [3.05, 3.63) is 23.8 Å². The summed E-state index contributed by atoms with van der Waals surface area (Å²) in [7, 11) is 1.29. The number of hydrogen-bond donors (Lipinski definition) is 2. The van der Waals surface area contributed by atoms with Gasteiger partial charge in [-0.2, -0.15) is 0 Å². The van der Waals surface area contributed by atoms with E-state index in [0.29, 0.717) is 17.0 Å². The van der Waals surface area contributed by atoms with Gasteiger partial charge >= 0.3 is 11.9 Å². The van der Waals surface area contributed by atoms with Crippen molar-refractivity contribution >= 4 is 17.6 Å². The zero-order valence-corrected chi connectivity index (χ0v) is 9.10. The fraction of sp³-hybridized carbons (Fsp3) is 0.273. The van der Waals surface area contributed by atoms with Crippen molar-refractivity contribution in [2.75, 3.05) is 19.0 Å². The zero-order chi connectivity index (χ0) is 12.4. The maximum absolute atomic E-state index is 11.3. The number of carbonyl (C=O) groups excluding carboxylic acids is 1. The second-order valence-corrected chi connectivity index (χ2v) is 3.55. The molecule has 1 unspecified atom stereocenters. The molecule has 0 aromatic heterocycles. The van der Waals surface area contributed by atoms with Gasteiger partial charge in [0.05, 0.1) is 18.4 Å². The van der Waals surface area contributed by atoms with E-state index in [1.165, 1.54) is 13.2 Å². The van der Waals surface area contributed by atoms with Crippen LogP contribution in [0.4, 0.5) is 5.69 Å². The number of methoxy groups -OCH3 is 1. The second kappa shape index (κ2) is 4.32. The van der Waals surface area contributed by atoms with Crippen molar-refractivity contribution < 1.29 is 24.2 Å². The van der Waals surface area contributed by atoms with E-state index in [1.54, 1.807) is 12.1 Å². The number of benzene rings is 1. The number of nitrogens with one attached hydrogen (secondary N) is 1. The molecule has 90 valence electrons. The number of fused-ring (bicyclic) bond motifs is 1. The predicted octanol–water partition coefficient (Wildman–Crippen LogP) is 0.731. The van der Waals surface area contributed by atoms with Crippen LogP contribution in [0.3, 0.4) is 0 Å². The van der Waals surface area contributed by atoms with Crippen LogP contribution in [0.25, 0.3) is 0 Å². The molecule has 1 aliphatic rings. The molecule has 1 atom stereocenters. The third-order valence-corrected chi connectivity index (χ3v) is 2.44. The molecule has 1 aromatic rings. The maximum atomic E-state index is 11.3. The van der Waals surface area contributed by atoms with Crippen LogP contribution in [0.2, 0.25) is 0 Å². The number of rotatable bonds is 2. The van der Waals surface area contributed by atoms with Gasteiger partial charge in [-0.05, 0) is 18.2 Å². The lowest BCUT2D eigenvalue weighted by Gasteiger charge is -2.24. The van der Waals surface area contributed by atoms with Gasteiger partial charge in [-0.25, -0.2) is 9.59 Å². The lowest BCUT2D eigenvalue weighted by atomic mass is 10.1. The highest BCUT2D eigenvalue weighted by Gasteiger charge is 2.25. The molecule has 0 fully saturated rings. The number of carbonyl (C=O) groups is 2. The first-order chi connectivity index (χ1) is 8.11. The predicted molar refractivity (Wildman–Crippen MR) is 58.3 cm³/mol. The highest BCUT2D eigenvalue weighted by Crippen LogP contribution is 2.30. The molecular weight excluding hydrogens is 226 g/mol. The van der Waals surface area contributed by atoms with Crippen LogP contribution >= 0.6 is 0 Å². The van der Waals surface area contributed by atoms with Crippen LogP contribution in [0.15, 0.2) is 18.2 Å². The highest BCUT2D eigenvalue weighted by molar-refractivity contribution is 5.91. The standard InChI is InChI=1S/C11H11NO5/c1-16-11(15)6-2-3-7-9(4-6)17-5-8(12-7)10(13)14/h2-4,8,12H,5H2,1H3,(H,13,14).